The Hall–Kier alpha value is -3.53. The normalized spacial score (nSPS) is 14.2. The first-order valence-corrected chi connectivity index (χ1v) is 10.5. The third kappa shape index (κ3) is 2.88. The maximum absolute atomic E-state index is 6.14. The molecule has 148 valence electrons. The van der Waals surface area contributed by atoms with E-state index < -0.39 is 0 Å². The highest BCUT2D eigenvalue weighted by molar-refractivity contribution is 5.88. The number of hydrogen-bond donors (Lipinski definition) is 0. The number of benzene rings is 3. The van der Waals surface area contributed by atoms with Crippen LogP contribution < -0.4 is 4.90 Å². The molecule has 0 bridgehead atoms. The lowest BCUT2D eigenvalue weighted by molar-refractivity contribution is 0.569. The fraction of sp³-hybridized carbons (Fsp3) is 0.192. The van der Waals surface area contributed by atoms with Gasteiger partial charge in [0.15, 0.2) is 5.58 Å². The molecule has 0 radical (unpaired) electrons. The molecule has 0 fully saturated rings. The summed E-state index contributed by atoms with van der Waals surface area (Å²) in [6.45, 7) is 1.86. The van der Waals surface area contributed by atoms with Gasteiger partial charge < -0.3 is 13.9 Å². The van der Waals surface area contributed by atoms with Gasteiger partial charge in [-0.2, -0.15) is 4.98 Å². The van der Waals surface area contributed by atoms with Gasteiger partial charge >= 0.3 is 0 Å². The molecule has 1 aliphatic heterocycles. The van der Waals surface area contributed by atoms with Crippen LogP contribution in [0.4, 0.5) is 6.01 Å². The van der Waals surface area contributed by atoms with Crippen molar-refractivity contribution in [1.82, 2.24) is 9.55 Å². The lowest BCUT2D eigenvalue weighted by Gasteiger charge is -2.17. The van der Waals surface area contributed by atoms with Crippen molar-refractivity contribution in [2.75, 3.05) is 18.0 Å². The number of oxazole rings is 1. The van der Waals surface area contributed by atoms with Crippen LogP contribution in [0.2, 0.25) is 0 Å². The summed E-state index contributed by atoms with van der Waals surface area (Å²) in [6.07, 6.45) is 4.15. The molecule has 6 rings (SSSR count). The van der Waals surface area contributed by atoms with E-state index in [4.69, 9.17) is 9.40 Å². The Balaban J connectivity index is 1.32. The van der Waals surface area contributed by atoms with E-state index in [1.165, 1.54) is 27.6 Å². The van der Waals surface area contributed by atoms with E-state index in [2.05, 4.69) is 83.4 Å². The van der Waals surface area contributed by atoms with E-state index in [0.29, 0.717) is 0 Å². The van der Waals surface area contributed by atoms with E-state index in [9.17, 15) is 0 Å². The molecule has 0 unspecified atom stereocenters. The van der Waals surface area contributed by atoms with E-state index >= 15 is 0 Å². The topological polar surface area (TPSA) is 34.2 Å². The highest BCUT2D eigenvalue weighted by Crippen LogP contribution is 2.30. The largest absolute Gasteiger partial charge is 0.423 e. The van der Waals surface area contributed by atoms with Crippen molar-refractivity contribution >= 4 is 28.0 Å². The van der Waals surface area contributed by atoms with E-state index in [1.807, 2.05) is 6.07 Å². The molecule has 1 aliphatic rings. The molecule has 0 aliphatic carbocycles. The van der Waals surface area contributed by atoms with Gasteiger partial charge in [0.25, 0.3) is 6.01 Å². The van der Waals surface area contributed by atoms with Crippen molar-refractivity contribution in [1.29, 1.82) is 0 Å². The highest BCUT2D eigenvalue weighted by atomic mass is 16.4. The first-order chi connectivity index (χ1) is 14.7. The van der Waals surface area contributed by atoms with Crippen molar-refractivity contribution in [2.24, 2.45) is 7.05 Å². The summed E-state index contributed by atoms with van der Waals surface area (Å²) in [6, 6.07) is 24.5. The minimum Gasteiger partial charge on any atom is -0.423 e. The molecule has 0 saturated carbocycles. The lowest BCUT2D eigenvalue weighted by atomic mass is 10.0. The summed E-state index contributed by atoms with van der Waals surface area (Å²) in [5, 5.41) is 1.25. The first kappa shape index (κ1) is 17.3. The maximum atomic E-state index is 6.14. The molecule has 2 aromatic heterocycles. The average Bonchev–Trinajstić information content (AvgIpc) is 3.29. The number of aromatic nitrogens is 2. The quantitative estimate of drug-likeness (QED) is 0.392. The van der Waals surface area contributed by atoms with Gasteiger partial charge in [0, 0.05) is 37.2 Å². The third-order valence-electron chi connectivity index (χ3n) is 6.29. The summed E-state index contributed by atoms with van der Waals surface area (Å²) in [5.74, 6) is 0. The van der Waals surface area contributed by atoms with Crippen molar-refractivity contribution in [2.45, 2.75) is 12.8 Å². The number of fused-ring (bicyclic) bond motifs is 3. The minimum absolute atomic E-state index is 0.730. The van der Waals surface area contributed by atoms with Crippen LogP contribution in [-0.2, 0) is 19.9 Å². The molecule has 0 atom stereocenters. The molecule has 0 amide bonds. The molecular formula is C26H23N3O. The van der Waals surface area contributed by atoms with Gasteiger partial charge in [-0.25, -0.2) is 0 Å². The molecule has 5 aromatic rings. The summed E-state index contributed by atoms with van der Waals surface area (Å²) < 4.78 is 8.28. The maximum Gasteiger partial charge on any atom is 0.298 e. The van der Waals surface area contributed by atoms with Gasteiger partial charge in [-0.1, -0.05) is 36.4 Å². The van der Waals surface area contributed by atoms with Crippen LogP contribution in [0.5, 0.6) is 0 Å². The number of rotatable bonds is 2. The smallest absolute Gasteiger partial charge is 0.298 e. The van der Waals surface area contributed by atoms with E-state index in [-0.39, 0.29) is 0 Å². The summed E-state index contributed by atoms with van der Waals surface area (Å²) in [4.78, 5) is 7.12. The molecule has 0 saturated heterocycles. The molecule has 3 heterocycles. The highest BCUT2D eigenvalue weighted by Gasteiger charge is 2.18. The van der Waals surface area contributed by atoms with Crippen molar-refractivity contribution < 1.29 is 4.42 Å². The Labute approximate surface area is 175 Å². The fourth-order valence-electron chi connectivity index (χ4n) is 4.55. The number of hydrogen-bond acceptors (Lipinski definition) is 3. The first-order valence-electron chi connectivity index (χ1n) is 10.5. The van der Waals surface area contributed by atoms with Crippen LogP contribution in [0.1, 0.15) is 11.1 Å². The Morgan fingerprint density at radius 3 is 2.37 bits per heavy atom. The van der Waals surface area contributed by atoms with Gasteiger partial charge in [0.1, 0.15) is 5.52 Å². The summed E-state index contributed by atoms with van der Waals surface area (Å²) >= 11 is 0. The average molecular weight is 393 g/mol. The lowest BCUT2D eigenvalue weighted by Crippen LogP contribution is -2.26. The zero-order chi connectivity index (χ0) is 20.1. The number of aryl methyl sites for hydroxylation is 1. The van der Waals surface area contributed by atoms with Crippen LogP contribution in [-0.4, -0.2) is 22.6 Å². The predicted molar refractivity (Wildman–Crippen MR) is 122 cm³/mol. The molecular weight excluding hydrogens is 370 g/mol. The summed E-state index contributed by atoms with van der Waals surface area (Å²) in [5.41, 5.74) is 8.24. The van der Waals surface area contributed by atoms with Crippen LogP contribution in [0.15, 0.2) is 77.3 Å². The zero-order valence-corrected chi connectivity index (χ0v) is 17.0. The van der Waals surface area contributed by atoms with Crippen LogP contribution in [0, 0.1) is 0 Å². The van der Waals surface area contributed by atoms with Crippen molar-refractivity contribution in [3.8, 4) is 11.1 Å². The SMILES string of the molecule is Cn1ccc2cc(-c3ccc4oc(N5CCc6ccccc6CC5)nc4c3)ccc21. The van der Waals surface area contributed by atoms with Crippen molar-refractivity contribution in [3.05, 3.63) is 84.1 Å². The standard InChI is InChI=1S/C26H23N3O/c1-28-13-10-22-16-20(6-8-24(22)28)21-7-9-25-23(17-21)27-26(30-25)29-14-11-18-4-2-3-5-19(18)12-15-29/h2-10,13,16-17H,11-12,14-15H2,1H3. The van der Waals surface area contributed by atoms with Gasteiger partial charge in [0.05, 0.1) is 0 Å². The third-order valence-corrected chi connectivity index (χ3v) is 6.29. The fourth-order valence-corrected chi connectivity index (χ4v) is 4.55. The van der Waals surface area contributed by atoms with Crippen LogP contribution in [0.3, 0.4) is 0 Å². The van der Waals surface area contributed by atoms with Gasteiger partial charge in [-0.05, 0) is 65.4 Å². The monoisotopic (exact) mass is 393 g/mol. The van der Waals surface area contributed by atoms with Gasteiger partial charge in [-0.15, -0.1) is 0 Å². The molecule has 30 heavy (non-hydrogen) atoms. The van der Waals surface area contributed by atoms with Gasteiger partial charge in [0.2, 0.25) is 0 Å². The van der Waals surface area contributed by atoms with Crippen LogP contribution in [0.25, 0.3) is 33.1 Å². The Morgan fingerprint density at radius 2 is 1.57 bits per heavy atom. The molecule has 4 nitrogen and oxygen atoms in total. The Morgan fingerprint density at radius 1 is 0.833 bits per heavy atom. The second-order valence-corrected chi connectivity index (χ2v) is 8.13. The zero-order valence-electron chi connectivity index (χ0n) is 17.0. The Kier molecular flexibility index (Phi) is 3.91. The Bertz CT molecular complexity index is 1350. The van der Waals surface area contributed by atoms with Crippen LogP contribution >= 0.6 is 0 Å². The molecule has 0 spiro atoms. The second-order valence-electron chi connectivity index (χ2n) is 8.13. The van der Waals surface area contributed by atoms with E-state index in [1.54, 1.807) is 0 Å². The number of anilines is 1. The number of nitrogens with zero attached hydrogens (tertiary/aromatic N) is 3. The summed E-state index contributed by atoms with van der Waals surface area (Å²) in [7, 11) is 2.08. The molecule has 3 aromatic carbocycles. The second kappa shape index (κ2) is 6.77. The van der Waals surface area contributed by atoms with Gasteiger partial charge in [-0.3, -0.25) is 0 Å². The van der Waals surface area contributed by atoms with Crippen molar-refractivity contribution in [3.63, 3.8) is 0 Å². The van der Waals surface area contributed by atoms with E-state index in [0.717, 1.165) is 48.6 Å². The molecule has 4 heteroatoms. The molecule has 0 N–H and O–H groups in total. The minimum atomic E-state index is 0.730. The predicted octanol–water partition coefficient (Wildman–Crippen LogP) is 5.59.